The molecular formula is C36H40BCl2N3O5. The van der Waals surface area contributed by atoms with E-state index in [1.54, 1.807) is 18.2 Å². The van der Waals surface area contributed by atoms with E-state index < -0.39 is 18.3 Å². The second-order valence-corrected chi connectivity index (χ2v) is 14.5. The van der Waals surface area contributed by atoms with Crippen LogP contribution >= 0.6 is 23.2 Å². The molecule has 1 N–H and O–H groups in total. The van der Waals surface area contributed by atoms with Crippen molar-refractivity contribution in [3.05, 3.63) is 79.1 Å². The lowest BCUT2D eigenvalue weighted by atomic mass is 9.75. The molecule has 2 aromatic heterocycles. The maximum absolute atomic E-state index is 13.6. The third kappa shape index (κ3) is 6.19. The summed E-state index contributed by atoms with van der Waals surface area (Å²) >= 11 is 13.3. The van der Waals surface area contributed by atoms with Gasteiger partial charge < -0.3 is 23.9 Å². The molecule has 2 saturated heterocycles. The van der Waals surface area contributed by atoms with Crippen molar-refractivity contribution in [1.82, 2.24) is 4.98 Å². The van der Waals surface area contributed by atoms with Crippen molar-refractivity contribution in [2.45, 2.75) is 85.0 Å². The fourth-order valence-corrected chi connectivity index (χ4v) is 6.91. The number of nitrogens with one attached hydrogen (secondary N) is 1. The molecule has 0 bridgehead atoms. The van der Waals surface area contributed by atoms with Crippen molar-refractivity contribution in [3.63, 3.8) is 0 Å². The number of aldehydes is 1. The van der Waals surface area contributed by atoms with Gasteiger partial charge in [-0.15, -0.1) is 0 Å². The molecule has 2 aromatic carbocycles. The molecule has 2 aliphatic rings. The molecule has 4 aromatic rings. The number of piperidine rings is 1. The number of carbonyl (C=O) groups is 1. The molecule has 0 saturated carbocycles. The predicted molar refractivity (Wildman–Crippen MR) is 191 cm³/mol. The normalized spacial score (nSPS) is 18.1. The van der Waals surface area contributed by atoms with Crippen molar-refractivity contribution in [2.24, 2.45) is 0 Å². The molecule has 0 amide bonds. The van der Waals surface area contributed by atoms with Gasteiger partial charge in [-0.25, -0.2) is 4.98 Å². The maximum Gasteiger partial charge on any atom is 0.497 e. The number of aromatic nitrogens is 1. The number of pyridine rings is 1. The molecule has 2 aliphatic heterocycles. The first kappa shape index (κ1) is 33.5. The zero-order chi connectivity index (χ0) is 33.8. The van der Waals surface area contributed by atoms with E-state index in [4.69, 9.17) is 36.9 Å². The number of nitrogens with zero attached hydrogens (tertiary/aromatic N) is 2. The fourth-order valence-electron chi connectivity index (χ4n) is 6.44. The summed E-state index contributed by atoms with van der Waals surface area (Å²) in [5, 5.41) is 4.73. The Morgan fingerprint density at radius 2 is 1.68 bits per heavy atom. The van der Waals surface area contributed by atoms with Crippen LogP contribution in [0.25, 0.3) is 22.2 Å². The first-order valence-corrected chi connectivity index (χ1v) is 16.9. The fraction of sp³-hybridized carbons (Fsp3) is 0.417. The highest BCUT2D eigenvalue weighted by atomic mass is 35.5. The number of hydrogen-bond donors (Lipinski definition) is 1. The van der Waals surface area contributed by atoms with Crippen molar-refractivity contribution in [1.29, 1.82) is 0 Å². The smallest absolute Gasteiger partial charge is 0.440 e. The summed E-state index contributed by atoms with van der Waals surface area (Å²) < 4.78 is 19.0. The Kier molecular flexibility index (Phi) is 8.98. The number of rotatable bonds is 7. The van der Waals surface area contributed by atoms with Gasteiger partial charge in [-0.1, -0.05) is 29.3 Å². The van der Waals surface area contributed by atoms with E-state index in [0.717, 1.165) is 43.3 Å². The zero-order valence-electron chi connectivity index (χ0n) is 27.9. The number of benzene rings is 2. The van der Waals surface area contributed by atoms with Crippen LogP contribution in [-0.4, -0.2) is 42.7 Å². The average molecular weight is 676 g/mol. The van der Waals surface area contributed by atoms with Crippen molar-refractivity contribution < 1.29 is 18.5 Å². The highest BCUT2D eigenvalue weighted by molar-refractivity contribution is 6.67. The third-order valence-corrected chi connectivity index (χ3v) is 10.3. The van der Waals surface area contributed by atoms with Gasteiger partial charge in [0.15, 0.2) is 5.43 Å². The van der Waals surface area contributed by atoms with Crippen molar-refractivity contribution in [2.75, 3.05) is 23.3 Å². The van der Waals surface area contributed by atoms with Crippen LogP contribution in [0.4, 0.5) is 11.6 Å². The van der Waals surface area contributed by atoms with E-state index in [2.05, 4.69) is 15.2 Å². The molecule has 4 heterocycles. The lowest BCUT2D eigenvalue weighted by Gasteiger charge is -2.32. The van der Waals surface area contributed by atoms with E-state index in [1.165, 1.54) is 6.42 Å². The molecular weight excluding hydrogens is 636 g/mol. The molecule has 0 spiro atoms. The number of anilines is 2. The highest BCUT2D eigenvalue weighted by Gasteiger charge is 2.53. The molecule has 0 aliphatic carbocycles. The van der Waals surface area contributed by atoms with Gasteiger partial charge in [-0.05, 0) is 104 Å². The van der Waals surface area contributed by atoms with Crippen LogP contribution in [0.2, 0.25) is 10.2 Å². The second kappa shape index (κ2) is 12.6. The Morgan fingerprint density at radius 1 is 1.00 bits per heavy atom. The van der Waals surface area contributed by atoms with Crippen LogP contribution in [-0.2, 0) is 9.31 Å². The molecule has 11 heteroatoms. The van der Waals surface area contributed by atoms with Crippen LogP contribution < -0.4 is 21.1 Å². The molecule has 6 rings (SSSR count). The second-order valence-electron chi connectivity index (χ2n) is 13.7. The van der Waals surface area contributed by atoms with Crippen molar-refractivity contribution in [3.8, 4) is 11.3 Å². The van der Waals surface area contributed by atoms with Gasteiger partial charge in [-0.2, -0.15) is 0 Å². The summed E-state index contributed by atoms with van der Waals surface area (Å²) in [4.78, 5) is 32.9. The number of hydrogen-bond acceptors (Lipinski definition) is 8. The summed E-state index contributed by atoms with van der Waals surface area (Å²) in [6.45, 7) is 15.4. The Balaban J connectivity index is 1.40. The van der Waals surface area contributed by atoms with Gasteiger partial charge in [0.1, 0.15) is 17.0 Å². The molecule has 47 heavy (non-hydrogen) atoms. The molecule has 246 valence electrons. The first-order valence-electron chi connectivity index (χ1n) is 16.1. The number of halogens is 2. The zero-order valence-corrected chi connectivity index (χ0v) is 29.4. The average Bonchev–Trinajstić information content (AvgIpc) is 3.24. The van der Waals surface area contributed by atoms with Gasteiger partial charge in [-0.3, -0.25) is 9.59 Å². The van der Waals surface area contributed by atoms with E-state index >= 15 is 0 Å². The van der Waals surface area contributed by atoms with Gasteiger partial charge in [0.2, 0.25) is 5.88 Å². The standard InChI is InChI=1S/C36H40BCl2N3O5/c1-20-15-25(33-26(16-20)32(44)21(2)34(45-33)42-13-9-8-10-14-42)22(3)40-28-11-12-29(39)41-31(28)23-17-24(19-43)30(27(38)18-23)37-46-35(4,5)36(6,7)47-37/h11-12,15-19,22,40H,8-10,13-14H2,1-7H3/t22-/m1/s1. The van der Waals surface area contributed by atoms with Crippen LogP contribution in [0.1, 0.15) is 87.0 Å². The monoisotopic (exact) mass is 675 g/mol. The van der Waals surface area contributed by atoms with Crippen molar-refractivity contribution >= 4 is 64.6 Å². The molecule has 8 nitrogen and oxygen atoms in total. The highest BCUT2D eigenvalue weighted by Crippen LogP contribution is 2.39. The molecule has 0 unspecified atom stereocenters. The molecule has 0 radical (unpaired) electrons. The quantitative estimate of drug-likeness (QED) is 0.119. The minimum Gasteiger partial charge on any atom is -0.440 e. The lowest BCUT2D eigenvalue weighted by Crippen LogP contribution is -2.41. The Bertz CT molecular complexity index is 1920. The molecule has 1 atom stereocenters. The van der Waals surface area contributed by atoms with Crippen LogP contribution in [0.15, 0.2) is 45.6 Å². The Labute approximate surface area is 285 Å². The van der Waals surface area contributed by atoms with Gasteiger partial charge in [0.25, 0.3) is 0 Å². The van der Waals surface area contributed by atoms with Crippen LogP contribution in [0, 0.1) is 13.8 Å². The number of carbonyl (C=O) groups excluding carboxylic acids is 1. The largest absolute Gasteiger partial charge is 0.497 e. The minimum absolute atomic E-state index is 0.0176. The summed E-state index contributed by atoms with van der Waals surface area (Å²) in [5.74, 6) is 0.645. The Hall–Kier alpha value is -3.37. The third-order valence-electron chi connectivity index (χ3n) is 9.76. The van der Waals surface area contributed by atoms with E-state index in [1.807, 2.05) is 66.7 Å². The predicted octanol–water partition coefficient (Wildman–Crippen LogP) is 8.05. The van der Waals surface area contributed by atoms with Gasteiger partial charge >= 0.3 is 7.12 Å². The van der Waals surface area contributed by atoms with Crippen LogP contribution in [0.3, 0.4) is 0 Å². The topological polar surface area (TPSA) is 93.9 Å². The van der Waals surface area contributed by atoms with Gasteiger partial charge in [0, 0.05) is 40.3 Å². The minimum atomic E-state index is -0.811. The lowest BCUT2D eigenvalue weighted by molar-refractivity contribution is 0.00578. The van der Waals surface area contributed by atoms with E-state index in [-0.39, 0.29) is 16.6 Å². The summed E-state index contributed by atoms with van der Waals surface area (Å²) in [6.07, 6.45) is 4.06. The number of aryl methyl sites for hydroxylation is 1. The number of fused-ring (bicyclic) bond motifs is 1. The maximum atomic E-state index is 13.6. The summed E-state index contributed by atoms with van der Waals surface area (Å²) in [5.41, 5.74) is 4.34. The van der Waals surface area contributed by atoms with E-state index in [9.17, 15) is 9.59 Å². The SMILES string of the molecule is Cc1cc([C@@H](C)Nc2ccc(Cl)nc2-c2cc(Cl)c(B3OC(C)(C)C(C)(C)O3)c(C=O)c2)c2oc(N3CCCCC3)c(C)c(=O)c2c1. The summed E-state index contributed by atoms with van der Waals surface area (Å²) in [6, 6.07) is 10.7. The van der Waals surface area contributed by atoms with Crippen LogP contribution in [0.5, 0.6) is 0 Å². The Morgan fingerprint density at radius 3 is 2.34 bits per heavy atom. The van der Waals surface area contributed by atoms with Gasteiger partial charge in [0.05, 0.1) is 39.6 Å². The molecule has 2 fully saturated rings. The van der Waals surface area contributed by atoms with E-state index in [0.29, 0.717) is 55.4 Å². The first-order chi connectivity index (χ1) is 22.2. The summed E-state index contributed by atoms with van der Waals surface area (Å²) in [7, 11) is -0.811.